The first-order valence-corrected chi connectivity index (χ1v) is 10.0. The van der Waals surface area contributed by atoms with Crippen molar-refractivity contribution >= 4 is 28.5 Å². The van der Waals surface area contributed by atoms with E-state index in [1.54, 1.807) is 11.0 Å². The molecule has 30 heavy (non-hydrogen) atoms. The molecule has 0 bridgehead atoms. The molecular weight excluding hydrogens is 410 g/mol. The van der Waals surface area contributed by atoms with Crippen LogP contribution in [0.15, 0.2) is 24.3 Å². The van der Waals surface area contributed by atoms with Gasteiger partial charge in [0, 0.05) is 23.4 Å². The van der Waals surface area contributed by atoms with Crippen LogP contribution in [0.4, 0.5) is 9.93 Å². The number of anilines is 1. The van der Waals surface area contributed by atoms with Gasteiger partial charge in [0.1, 0.15) is 5.69 Å². The number of hydrogen-bond donors (Lipinski definition) is 2. The summed E-state index contributed by atoms with van der Waals surface area (Å²) in [5, 5.41) is 10.1. The van der Waals surface area contributed by atoms with Gasteiger partial charge in [0.05, 0.1) is 25.0 Å². The summed E-state index contributed by atoms with van der Waals surface area (Å²) in [5.41, 5.74) is 2.78. The highest BCUT2D eigenvalue weighted by atomic mass is 32.1. The third-order valence-electron chi connectivity index (χ3n) is 4.89. The number of hydrogen-bond acceptors (Lipinski definition) is 8. The Balaban J connectivity index is 1.31. The van der Waals surface area contributed by atoms with Crippen LogP contribution < -0.4 is 14.8 Å². The molecule has 2 aromatic heterocycles. The molecule has 0 aliphatic carbocycles. The van der Waals surface area contributed by atoms with Crippen molar-refractivity contribution in [2.45, 2.75) is 13.0 Å². The topological polar surface area (TPSA) is 119 Å². The van der Waals surface area contributed by atoms with Crippen LogP contribution in [0.5, 0.6) is 11.5 Å². The van der Waals surface area contributed by atoms with Crippen molar-refractivity contribution in [3.05, 3.63) is 40.5 Å². The number of benzene rings is 1. The second-order valence-electron chi connectivity index (χ2n) is 6.72. The first-order valence-electron chi connectivity index (χ1n) is 9.19. The Morgan fingerprint density at radius 2 is 2.13 bits per heavy atom. The van der Waals surface area contributed by atoms with Crippen LogP contribution in [0.2, 0.25) is 0 Å². The van der Waals surface area contributed by atoms with E-state index in [-0.39, 0.29) is 12.7 Å². The van der Waals surface area contributed by atoms with Gasteiger partial charge in [0.2, 0.25) is 6.79 Å². The molecule has 5 rings (SSSR count). The number of aromatic amines is 1. The van der Waals surface area contributed by atoms with E-state index >= 15 is 0 Å². The van der Waals surface area contributed by atoms with Gasteiger partial charge in [-0.3, -0.25) is 15.2 Å². The van der Waals surface area contributed by atoms with E-state index in [0.29, 0.717) is 47.5 Å². The van der Waals surface area contributed by atoms with Crippen LogP contribution in [0, 0.1) is 0 Å². The second kappa shape index (κ2) is 7.34. The monoisotopic (exact) mass is 427 g/mol. The molecule has 154 valence electrons. The molecule has 0 spiro atoms. The second-order valence-corrected chi connectivity index (χ2v) is 7.80. The number of carbonyl (C=O) groups excluding carboxylic acids is 2. The number of nitrogens with zero attached hydrogens (tertiary/aromatic N) is 3. The molecule has 2 N–H and O–H groups in total. The van der Waals surface area contributed by atoms with Gasteiger partial charge in [-0.1, -0.05) is 11.3 Å². The van der Waals surface area contributed by atoms with E-state index in [4.69, 9.17) is 9.47 Å². The van der Waals surface area contributed by atoms with Crippen molar-refractivity contribution in [2.75, 3.05) is 25.8 Å². The number of thiazole rings is 1. The summed E-state index contributed by atoms with van der Waals surface area (Å²) in [6, 6.07) is 7.27. The van der Waals surface area contributed by atoms with Crippen LogP contribution in [-0.4, -0.2) is 52.5 Å². The molecule has 1 aromatic carbocycles. The molecule has 0 unspecified atom stereocenters. The molecule has 0 saturated heterocycles. The summed E-state index contributed by atoms with van der Waals surface area (Å²) >= 11 is 1.34. The van der Waals surface area contributed by atoms with Crippen LogP contribution >= 0.6 is 11.3 Å². The number of nitrogens with one attached hydrogen (secondary N) is 2. The molecule has 3 aromatic rings. The highest BCUT2D eigenvalue weighted by Crippen LogP contribution is 2.35. The zero-order chi connectivity index (χ0) is 20.7. The lowest BCUT2D eigenvalue weighted by Gasteiger charge is -2.25. The minimum absolute atomic E-state index is 0.143. The number of ether oxygens (including phenoxy) is 3. The SMILES string of the molecule is COC(=O)Nc1nc2c(s1)CN(C(=O)c1cc(-c3ccc4c(c3)OCO4)n[nH]1)CC2. The highest BCUT2D eigenvalue weighted by molar-refractivity contribution is 7.15. The Morgan fingerprint density at radius 1 is 1.27 bits per heavy atom. The van der Waals surface area contributed by atoms with Gasteiger partial charge < -0.3 is 19.1 Å². The molecular formula is C19H17N5O5S. The Bertz CT molecular complexity index is 1140. The largest absolute Gasteiger partial charge is 0.454 e. The number of aromatic nitrogens is 3. The number of amides is 2. The van der Waals surface area contributed by atoms with Crippen molar-refractivity contribution in [2.24, 2.45) is 0 Å². The smallest absolute Gasteiger partial charge is 0.413 e. The van der Waals surface area contributed by atoms with E-state index in [1.807, 2.05) is 18.2 Å². The summed E-state index contributed by atoms with van der Waals surface area (Å²) in [6.45, 7) is 1.16. The van der Waals surface area contributed by atoms with Crippen LogP contribution in [0.1, 0.15) is 21.1 Å². The highest BCUT2D eigenvalue weighted by Gasteiger charge is 2.27. The summed E-state index contributed by atoms with van der Waals surface area (Å²) in [6.07, 6.45) is 0.0476. The Morgan fingerprint density at radius 3 is 3.00 bits per heavy atom. The quantitative estimate of drug-likeness (QED) is 0.659. The molecule has 11 heteroatoms. The molecule has 0 saturated carbocycles. The van der Waals surface area contributed by atoms with Crippen LogP contribution in [0.25, 0.3) is 11.3 Å². The minimum atomic E-state index is -0.567. The van der Waals surface area contributed by atoms with Gasteiger partial charge in [-0.05, 0) is 24.3 Å². The summed E-state index contributed by atoms with van der Waals surface area (Å²) in [5.74, 6) is 1.21. The van der Waals surface area contributed by atoms with Crippen LogP contribution in [0.3, 0.4) is 0 Å². The van der Waals surface area contributed by atoms with E-state index in [0.717, 1.165) is 16.1 Å². The molecule has 2 amide bonds. The Labute approximate surface area is 174 Å². The van der Waals surface area contributed by atoms with E-state index in [1.165, 1.54) is 18.4 Å². The third kappa shape index (κ3) is 3.32. The van der Waals surface area contributed by atoms with Crippen molar-refractivity contribution in [1.29, 1.82) is 0 Å². The maximum absolute atomic E-state index is 13.0. The first kappa shape index (κ1) is 18.4. The number of fused-ring (bicyclic) bond motifs is 2. The van der Waals surface area contributed by atoms with Crippen molar-refractivity contribution in [3.8, 4) is 22.8 Å². The molecule has 0 fully saturated rings. The van der Waals surface area contributed by atoms with Gasteiger partial charge in [0.25, 0.3) is 5.91 Å². The molecule has 10 nitrogen and oxygen atoms in total. The fourth-order valence-corrected chi connectivity index (χ4v) is 4.38. The third-order valence-corrected chi connectivity index (χ3v) is 5.89. The number of carbonyl (C=O) groups is 2. The Kier molecular flexibility index (Phi) is 4.51. The van der Waals surface area contributed by atoms with E-state index in [9.17, 15) is 9.59 Å². The standard InChI is InChI=1S/C19H17N5O5S/c1-27-19(26)21-18-20-11-4-5-24(8-16(11)30-18)17(25)13-7-12(22-23-13)10-2-3-14-15(6-10)29-9-28-14/h2-3,6-7H,4-5,8-9H2,1H3,(H,22,23)(H,20,21,26). The lowest BCUT2D eigenvalue weighted by atomic mass is 10.1. The van der Waals surface area contributed by atoms with E-state index in [2.05, 4.69) is 25.2 Å². The number of H-pyrrole nitrogens is 1. The van der Waals surface area contributed by atoms with Gasteiger partial charge in [-0.2, -0.15) is 5.10 Å². The molecule has 4 heterocycles. The van der Waals surface area contributed by atoms with Crippen molar-refractivity contribution in [3.63, 3.8) is 0 Å². The van der Waals surface area contributed by atoms with Crippen molar-refractivity contribution < 1.29 is 23.8 Å². The normalized spacial score (nSPS) is 14.4. The average molecular weight is 427 g/mol. The predicted octanol–water partition coefficient (Wildman–Crippen LogP) is 2.64. The molecule has 2 aliphatic rings. The number of rotatable bonds is 3. The van der Waals surface area contributed by atoms with Gasteiger partial charge in [-0.25, -0.2) is 9.78 Å². The average Bonchev–Trinajstić information content (AvgIpc) is 3.50. The molecule has 0 radical (unpaired) electrons. The van der Waals surface area contributed by atoms with Crippen LogP contribution in [-0.2, 0) is 17.7 Å². The molecule has 0 atom stereocenters. The van der Waals surface area contributed by atoms with Crippen molar-refractivity contribution in [1.82, 2.24) is 20.1 Å². The summed E-state index contributed by atoms with van der Waals surface area (Å²) in [7, 11) is 1.30. The summed E-state index contributed by atoms with van der Waals surface area (Å²) in [4.78, 5) is 31.4. The zero-order valence-corrected chi connectivity index (χ0v) is 16.7. The zero-order valence-electron chi connectivity index (χ0n) is 15.9. The van der Waals surface area contributed by atoms with Gasteiger partial charge >= 0.3 is 6.09 Å². The summed E-state index contributed by atoms with van der Waals surface area (Å²) < 4.78 is 15.3. The van der Waals surface area contributed by atoms with E-state index < -0.39 is 6.09 Å². The fourth-order valence-electron chi connectivity index (χ4n) is 3.37. The maximum Gasteiger partial charge on any atom is 0.413 e. The fraction of sp³-hybridized carbons (Fsp3) is 0.263. The lowest BCUT2D eigenvalue weighted by molar-refractivity contribution is 0.0730. The van der Waals surface area contributed by atoms with Gasteiger partial charge in [-0.15, -0.1) is 0 Å². The number of methoxy groups -OCH3 is 1. The van der Waals surface area contributed by atoms with Gasteiger partial charge in [0.15, 0.2) is 16.6 Å². The maximum atomic E-state index is 13.0. The molecule has 2 aliphatic heterocycles. The minimum Gasteiger partial charge on any atom is -0.454 e. The lowest BCUT2D eigenvalue weighted by Crippen LogP contribution is -2.35. The predicted molar refractivity (Wildman–Crippen MR) is 107 cm³/mol. The Hall–Kier alpha value is -3.60. The first-order chi connectivity index (χ1) is 14.6.